The van der Waals surface area contributed by atoms with Crippen LogP contribution in [0.2, 0.25) is 0 Å². The van der Waals surface area contributed by atoms with Crippen molar-refractivity contribution in [3.8, 4) is 11.5 Å². The van der Waals surface area contributed by atoms with Gasteiger partial charge < -0.3 is 19.5 Å². The number of carbonyl (C=O) groups is 2. The first kappa shape index (κ1) is 25.0. The molecule has 0 spiro atoms. The molecule has 1 amide bonds. The Kier molecular flexibility index (Phi) is 6.88. The van der Waals surface area contributed by atoms with Crippen molar-refractivity contribution in [3.05, 3.63) is 101 Å². The average Bonchev–Trinajstić information content (AvgIpc) is 3.13. The van der Waals surface area contributed by atoms with Gasteiger partial charge in [0, 0.05) is 5.56 Å². The van der Waals surface area contributed by atoms with Gasteiger partial charge in [0.1, 0.15) is 17.3 Å². The third-order valence-electron chi connectivity index (χ3n) is 6.51. The monoisotopic (exact) mass is 485 g/mol. The lowest BCUT2D eigenvalue weighted by molar-refractivity contribution is -0.140. The topological polar surface area (TPSA) is 76.1 Å². The number of ether oxygens (including phenoxy) is 2. The van der Waals surface area contributed by atoms with Gasteiger partial charge in [-0.15, -0.1) is 0 Å². The number of ketones is 1. The summed E-state index contributed by atoms with van der Waals surface area (Å²) >= 11 is 0. The van der Waals surface area contributed by atoms with E-state index in [9.17, 15) is 14.7 Å². The van der Waals surface area contributed by atoms with Gasteiger partial charge in [-0.25, -0.2) is 0 Å². The van der Waals surface area contributed by atoms with Gasteiger partial charge >= 0.3 is 0 Å². The number of rotatable bonds is 6. The zero-order valence-electron chi connectivity index (χ0n) is 21.2. The molecule has 6 heteroatoms. The summed E-state index contributed by atoms with van der Waals surface area (Å²) in [5.41, 5.74) is 2.65. The number of nitrogens with zero attached hydrogens (tertiary/aromatic N) is 1. The van der Waals surface area contributed by atoms with E-state index in [1.54, 1.807) is 13.2 Å². The highest BCUT2D eigenvalue weighted by molar-refractivity contribution is 6.46. The van der Waals surface area contributed by atoms with Crippen molar-refractivity contribution < 1.29 is 24.2 Å². The quantitative estimate of drug-likeness (QED) is 0.278. The lowest BCUT2D eigenvalue weighted by Gasteiger charge is -2.26. The van der Waals surface area contributed by atoms with Gasteiger partial charge in [-0.2, -0.15) is 0 Å². The van der Waals surface area contributed by atoms with E-state index in [1.165, 1.54) is 12.0 Å². The van der Waals surface area contributed by atoms with Crippen LogP contribution in [0.15, 0.2) is 78.4 Å². The van der Waals surface area contributed by atoms with E-state index in [2.05, 4.69) is 20.8 Å². The summed E-state index contributed by atoms with van der Waals surface area (Å²) in [5.74, 6) is -0.636. The van der Waals surface area contributed by atoms with E-state index in [4.69, 9.17) is 9.47 Å². The molecule has 1 atom stereocenters. The SMILES string of the molecule is COc1ccccc1CN1C(=O)C(=O)/C(=C(/O)c2cc(C(C)(C)C)ccc2OC)C1c1ccccc1. The largest absolute Gasteiger partial charge is 0.507 e. The van der Waals surface area contributed by atoms with Gasteiger partial charge in [-0.05, 0) is 34.7 Å². The number of benzene rings is 3. The van der Waals surface area contributed by atoms with Gasteiger partial charge in [0.15, 0.2) is 0 Å². The summed E-state index contributed by atoms with van der Waals surface area (Å²) in [6, 6.07) is 21.4. The number of hydrogen-bond donors (Lipinski definition) is 1. The van der Waals surface area contributed by atoms with E-state index in [0.717, 1.165) is 16.7 Å². The van der Waals surface area contributed by atoms with Crippen molar-refractivity contribution in [2.24, 2.45) is 0 Å². The first-order valence-corrected chi connectivity index (χ1v) is 11.8. The Labute approximate surface area is 211 Å². The molecule has 1 fully saturated rings. The first-order chi connectivity index (χ1) is 17.2. The van der Waals surface area contributed by atoms with E-state index in [1.807, 2.05) is 66.7 Å². The maximum absolute atomic E-state index is 13.5. The van der Waals surface area contributed by atoms with Crippen LogP contribution < -0.4 is 9.47 Å². The highest BCUT2D eigenvalue weighted by Crippen LogP contribution is 2.43. The highest BCUT2D eigenvalue weighted by Gasteiger charge is 2.46. The Balaban J connectivity index is 1.92. The number of aliphatic hydroxyl groups is 1. The molecule has 1 N–H and O–H groups in total. The number of para-hydroxylation sites is 1. The summed E-state index contributed by atoms with van der Waals surface area (Å²) in [5, 5.41) is 11.6. The molecule has 1 heterocycles. The maximum Gasteiger partial charge on any atom is 0.295 e. The molecule has 1 aliphatic rings. The second kappa shape index (κ2) is 9.90. The Hall–Kier alpha value is -4.06. The fourth-order valence-corrected chi connectivity index (χ4v) is 4.55. The fourth-order valence-electron chi connectivity index (χ4n) is 4.55. The van der Waals surface area contributed by atoms with E-state index in [0.29, 0.717) is 17.1 Å². The molecule has 6 nitrogen and oxygen atoms in total. The molecule has 3 aromatic carbocycles. The first-order valence-electron chi connectivity index (χ1n) is 11.8. The zero-order chi connectivity index (χ0) is 26.0. The minimum Gasteiger partial charge on any atom is -0.507 e. The molecule has 0 bridgehead atoms. The number of methoxy groups -OCH3 is 2. The lowest BCUT2D eigenvalue weighted by atomic mass is 9.85. The molecule has 4 rings (SSSR count). The summed E-state index contributed by atoms with van der Waals surface area (Å²) in [6.45, 7) is 6.34. The second-order valence-electron chi connectivity index (χ2n) is 9.81. The summed E-state index contributed by atoms with van der Waals surface area (Å²) in [7, 11) is 3.08. The standard InChI is InChI=1S/C30H31NO5/c1-30(2,3)21-15-16-24(36-5)22(17-21)27(32)25-26(19-11-7-6-8-12-19)31(29(34)28(25)33)18-20-13-9-10-14-23(20)35-4/h6-17,26,32H,18H2,1-5H3/b27-25+. The molecule has 0 radical (unpaired) electrons. The van der Waals surface area contributed by atoms with Gasteiger partial charge in [0.05, 0.1) is 37.9 Å². The number of aliphatic hydroxyl groups excluding tert-OH is 1. The highest BCUT2D eigenvalue weighted by atomic mass is 16.5. The minimum atomic E-state index is -0.779. The van der Waals surface area contributed by atoms with Crippen LogP contribution in [0.4, 0.5) is 0 Å². The van der Waals surface area contributed by atoms with Crippen LogP contribution >= 0.6 is 0 Å². The molecular formula is C30H31NO5. The van der Waals surface area contributed by atoms with E-state index < -0.39 is 17.7 Å². The molecule has 36 heavy (non-hydrogen) atoms. The summed E-state index contributed by atoms with van der Waals surface area (Å²) in [4.78, 5) is 28.3. The van der Waals surface area contributed by atoms with Gasteiger partial charge in [0.2, 0.25) is 0 Å². The van der Waals surface area contributed by atoms with Crippen molar-refractivity contribution in [3.63, 3.8) is 0 Å². The smallest absolute Gasteiger partial charge is 0.295 e. The van der Waals surface area contributed by atoms with E-state index in [-0.39, 0.29) is 23.3 Å². The molecule has 0 aliphatic carbocycles. The minimum absolute atomic E-state index is 0.0328. The molecule has 0 saturated carbocycles. The summed E-state index contributed by atoms with van der Waals surface area (Å²) in [6.07, 6.45) is 0. The number of Topliss-reactive ketones (excluding diaryl/α,β-unsaturated/α-hetero) is 1. The molecule has 1 saturated heterocycles. The van der Waals surface area contributed by atoms with Gasteiger partial charge in [0.25, 0.3) is 11.7 Å². The third-order valence-corrected chi connectivity index (χ3v) is 6.51. The van der Waals surface area contributed by atoms with Crippen LogP contribution in [0.1, 0.15) is 49.1 Å². The molecule has 3 aromatic rings. The molecular weight excluding hydrogens is 454 g/mol. The van der Waals surface area contributed by atoms with Crippen LogP contribution in [0.5, 0.6) is 11.5 Å². The predicted molar refractivity (Wildman–Crippen MR) is 139 cm³/mol. The number of hydrogen-bond acceptors (Lipinski definition) is 5. The fraction of sp³-hybridized carbons (Fsp3) is 0.267. The second-order valence-corrected chi connectivity index (χ2v) is 9.81. The number of likely N-dealkylation sites (tertiary alicyclic amines) is 1. The predicted octanol–water partition coefficient (Wildman–Crippen LogP) is 5.62. The van der Waals surface area contributed by atoms with Crippen LogP contribution in [0.25, 0.3) is 5.76 Å². The Morgan fingerprint density at radius 2 is 1.53 bits per heavy atom. The van der Waals surface area contributed by atoms with Gasteiger partial charge in [-0.1, -0.05) is 75.4 Å². The van der Waals surface area contributed by atoms with E-state index >= 15 is 0 Å². The van der Waals surface area contributed by atoms with Crippen molar-refractivity contribution in [2.45, 2.75) is 38.8 Å². The Bertz CT molecular complexity index is 1320. The van der Waals surface area contributed by atoms with Crippen LogP contribution in [-0.2, 0) is 21.5 Å². The van der Waals surface area contributed by atoms with Crippen molar-refractivity contribution in [1.82, 2.24) is 4.90 Å². The summed E-state index contributed by atoms with van der Waals surface area (Å²) < 4.78 is 11.0. The zero-order valence-corrected chi connectivity index (χ0v) is 21.2. The Morgan fingerprint density at radius 3 is 2.17 bits per heavy atom. The average molecular weight is 486 g/mol. The maximum atomic E-state index is 13.5. The number of amides is 1. The molecule has 186 valence electrons. The van der Waals surface area contributed by atoms with Crippen LogP contribution in [0.3, 0.4) is 0 Å². The molecule has 0 aromatic heterocycles. The van der Waals surface area contributed by atoms with Crippen molar-refractivity contribution in [2.75, 3.05) is 14.2 Å². The number of carbonyl (C=O) groups excluding carboxylic acids is 2. The van der Waals surface area contributed by atoms with Crippen LogP contribution in [-0.4, -0.2) is 35.9 Å². The lowest BCUT2D eigenvalue weighted by Crippen LogP contribution is -2.29. The third kappa shape index (κ3) is 4.59. The molecule has 1 unspecified atom stereocenters. The Morgan fingerprint density at radius 1 is 0.889 bits per heavy atom. The molecule has 1 aliphatic heterocycles. The van der Waals surface area contributed by atoms with Crippen molar-refractivity contribution in [1.29, 1.82) is 0 Å². The van der Waals surface area contributed by atoms with Gasteiger partial charge in [-0.3, -0.25) is 9.59 Å². The van der Waals surface area contributed by atoms with Crippen molar-refractivity contribution >= 4 is 17.4 Å². The normalized spacial score (nSPS) is 17.4. The van der Waals surface area contributed by atoms with Crippen LogP contribution in [0, 0.1) is 0 Å².